The average Bonchev–Trinajstić information content (AvgIpc) is 3.93. The predicted octanol–water partition coefficient (Wildman–Crippen LogP) is 14.8. The molecule has 0 amide bonds. The predicted molar refractivity (Wildman–Crippen MR) is 259 cm³/mol. The molecular weight excluding hydrogens is 775 g/mol. The molecule has 0 aliphatic heterocycles. The number of pyridine rings is 1. The number of aromatic nitrogens is 5. The Bertz CT molecular complexity index is 3870. The highest BCUT2D eigenvalue weighted by Crippen LogP contribution is 2.44. The Hall–Kier alpha value is -8.06. The SMILES string of the molecule is c1ccc(-c2nc(-c3ccccc3)nc(-c3cc(-c4ccc5sc6c(c5c4)c4ccccc4c4nc5ccccc5n46)cc(-c4cc5ccccc5c5ccccc45)c3)n2)cc1. The first-order valence-electron chi connectivity index (χ1n) is 20.8. The number of thiophene rings is 1. The van der Waals surface area contributed by atoms with Crippen molar-refractivity contribution in [3.8, 4) is 56.4 Å². The molecule has 0 saturated heterocycles. The summed E-state index contributed by atoms with van der Waals surface area (Å²) in [6.07, 6.45) is 0. The standard InChI is InChI=1S/C56H33N5S/c1-3-15-34(16-4-1)52-58-53(35-17-5-2-6-18-35)60-54(59-52)40-30-38(29-39(31-40)46-33-37-19-7-8-20-41(37)42-21-9-10-22-43(42)46)36-27-28-50-47(32-36)51-44-23-11-12-24-45(44)55-57-48-25-13-14-26-49(48)61(55)56(51)62-50/h1-33H. The minimum Gasteiger partial charge on any atom is -0.283 e. The van der Waals surface area contributed by atoms with Gasteiger partial charge in [-0.25, -0.2) is 19.9 Å². The molecule has 0 unspecified atom stereocenters. The van der Waals surface area contributed by atoms with Crippen molar-refractivity contribution in [3.63, 3.8) is 0 Å². The number of fused-ring (bicyclic) bond motifs is 13. The van der Waals surface area contributed by atoms with Gasteiger partial charge in [0.1, 0.15) is 10.5 Å². The van der Waals surface area contributed by atoms with Crippen LogP contribution in [0.15, 0.2) is 200 Å². The third kappa shape index (κ3) is 5.47. The molecule has 13 rings (SSSR count). The summed E-state index contributed by atoms with van der Waals surface area (Å²) in [6, 6.07) is 71.0. The van der Waals surface area contributed by atoms with Gasteiger partial charge < -0.3 is 0 Å². The van der Waals surface area contributed by atoms with Gasteiger partial charge in [-0.3, -0.25) is 4.40 Å². The number of imidazole rings is 1. The summed E-state index contributed by atoms with van der Waals surface area (Å²) in [6.45, 7) is 0. The van der Waals surface area contributed by atoms with Crippen molar-refractivity contribution >= 4 is 80.6 Å². The summed E-state index contributed by atoms with van der Waals surface area (Å²) >= 11 is 1.83. The van der Waals surface area contributed by atoms with Crippen molar-refractivity contribution in [1.29, 1.82) is 0 Å². The lowest BCUT2D eigenvalue weighted by atomic mass is 9.90. The van der Waals surface area contributed by atoms with Gasteiger partial charge in [0.15, 0.2) is 17.5 Å². The van der Waals surface area contributed by atoms with Crippen LogP contribution in [0.5, 0.6) is 0 Å². The Morgan fingerprint density at radius 2 is 0.935 bits per heavy atom. The molecule has 13 aromatic rings. The van der Waals surface area contributed by atoms with Crippen LogP contribution in [0.4, 0.5) is 0 Å². The summed E-state index contributed by atoms with van der Waals surface area (Å²) in [5.41, 5.74) is 10.3. The first-order chi connectivity index (χ1) is 30.7. The molecule has 4 heterocycles. The first kappa shape index (κ1) is 34.8. The zero-order valence-corrected chi connectivity index (χ0v) is 34.0. The Kier molecular flexibility index (Phi) is 7.71. The molecule has 0 fully saturated rings. The van der Waals surface area contributed by atoms with E-state index < -0.39 is 0 Å². The van der Waals surface area contributed by atoms with Gasteiger partial charge in [0.25, 0.3) is 0 Å². The number of benzene rings is 9. The van der Waals surface area contributed by atoms with E-state index in [0.29, 0.717) is 17.5 Å². The molecule has 9 aromatic carbocycles. The number of hydrogen-bond donors (Lipinski definition) is 0. The molecular formula is C56H33N5S. The van der Waals surface area contributed by atoms with Gasteiger partial charge in [-0.05, 0) is 97.7 Å². The molecule has 62 heavy (non-hydrogen) atoms. The van der Waals surface area contributed by atoms with E-state index in [2.05, 4.69) is 168 Å². The fraction of sp³-hybridized carbons (Fsp3) is 0. The maximum atomic E-state index is 5.22. The van der Waals surface area contributed by atoms with E-state index in [0.717, 1.165) is 61.0 Å². The second-order valence-electron chi connectivity index (χ2n) is 15.8. The van der Waals surface area contributed by atoms with Crippen LogP contribution in [0.25, 0.3) is 126 Å². The van der Waals surface area contributed by atoms with Gasteiger partial charge >= 0.3 is 0 Å². The second-order valence-corrected chi connectivity index (χ2v) is 16.9. The molecule has 0 spiro atoms. The van der Waals surface area contributed by atoms with E-state index in [4.69, 9.17) is 19.9 Å². The zero-order chi connectivity index (χ0) is 40.7. The minimum atomic E-state index is 0.619. The molecule has 6 heteroatoms. The highest BCUT2D eigenvalue weighted by Gasteiger charge is 2.20. The minimum absolute atomic E-state index is 0.619. The number of para-hydroxylation sites is 2. The lowest BCUT2D eigenvalue weighted by Gasteiger charge is -2.15. The Labute approximate surface area is 359 Å². The quantitative estimate of drug-likeness (QED) is 0.163. The maximum Gasteiger partial charge on any atom is 0.164 e. The van der Waals surface area contributed by atoms with E-state index in [-0.39, 0.29) is 0 Å². The van der Waals surface area contributed by atoms with Crippen LogP contribution in [0.3, 0.4) is 0 Å². The lowest BCUT2D eigenvalue weighted by molar-refractivity contribution is 1.07. The van der Waals surface area contributed by atoms with Crippen molar-refractivity contribution in [3.05, 3.63) is 200 Å². The molecule has 4 aromatic heterocycles. The zero-order valence-electron chi connectivity index (χ0n) is 33.2. The van der Waals surface area contributed by atoms with Crippen molar-refractivity contribution < 1.29 is 0 Å². The van der Waals surface area contributed by atoms with E-state index in [1.54, 1.807) is 0 Å². The van der Waals surface area contributed by atoms with Crippen LogP contribution in [-0.2, 0) is 0 Å². The lowest BCUT2D eigenvalue weighted by Crippen LogP contribution is -2.00. The molecule has 0 atom stereocenters. The van der Waals surface area contributed by atoms with Gasteiger partial charge in [-0.1, -0.05) is 152 Å². The van der Waals surface area contributed by atoms with Crippen molar-refractivity contribution in [2.24, 2.45) is 0 Å². The van der Waals surface area contributed by atoms with Gasteiger partial charge in [-0.2, -0.15) is 0 Å². The molecule has 0 bridgehead atoms. The Morgan fingerprint density at radius 1 is 0.355 bits per heavy atom. The molecule has 0 aliphatic rings. The van der Waals surface area contributed by atoms with E-state index >= 15 is 0 Å². The maximum absolute atomic E-state index is 5.22. The third-order valence-corrected chi connectivity index (χ3v) is 13.3. The van der Waals surface area contributed by atoms with Gasteiger partial charge in [0.05, 0.1) is 11.0 Å². The van der Waals surface area contributed by atoms with E-state index in [1.807, 2.05) is 47.7 Å². The largest absolute Gasteiger partial charge is 0.283 e. The van der Waals surface area contributed by atoms with Crippen LogP contribution in [0, 0.1) is 0 Å². The average molecular weight is 808 g/mol. The third-order valence-electron chi connectivity index (χ3n) is 12.2. The number of hydrogen-bond acceptors (Lipinski definition) is 5. The monoisotopic (exact) mass is 807 g/mol. The summed E-state index contributed by atoms with van der Waals surface area (Å²) in [4.78, 5) is 21.8. The van der Waals surface area contributed by atoms with Crippen molar-refractivity contribution in [1.82, 2.24) is 24.3 Å². The highest BCUT2D eigenvalue weighted by molar-refractivity contribution is 7.25. The normalized spacial score (nSPS) is 11.9. The van der Waals surface area contributed by atoms with Gasteiger partial charge in [0, 0.05) is 37.5 Å². The number of rotatable bonds is 5. The molecule has 0 N–H and O–H groups in total. The Morgan fingerprint density at radius 3 is 1.69 bits per heavy atom. The second kappa shape index (κ2) is 13.7. The van der Waals surface area contributed by atoms with E-state index in [9.17, 15) is 0 Å². The van der Waals surface area contributed by atoms with Crippen LogP contribution in [0.2, 0.25) is 0 Å². The Balaban J connectivity index is 1.10. The molecule has 0 saturated carbocycles. The number of nitrogens with zero attached hydrogens (tertiary/aromatic N) is 5. The van der Waals surface area contributed by atoms with Crippen LogP contribution >= 0.6 is 11.3 Å². The van der Waals surface area contributed by atoms with Crippen LogP contribution in [-0.4, -0.2) is 24.3 Å². The summed E-state index contributed by atoms with van der Waals surface area (Å²) < 4.78 is 3.59. The van der Waals surface area contributed by atoms with E-state index in [1.165, 1.54) is 47.2 Å². The van der Waals surface area contributed by atoms with Crippen LogP contribution in [0.1, 0.15) is 0 Å². The molecule has 0 radical (unpaired) electrons. The molecule has 5 nitrogen and oxygen atoms in total. The fourth-order valence-corrected chi connectivity index (χ4v) is 10.5. The van der Waals surface area contributed by atoms with Crippen LogP contribution < -0.4 is 0 Å². The topological polar surface area (TPSA) is 56.0 Å². The molecule has 288 valence electrons. The highest BCUT2D eigenvalue weighted by atomic mass is 32.1. The van der Waals surface area contributed by atoms with Gasteiger partial charge in [0.2, 0.25) is 0 Å². The smallest absolute Gasteiger partial charge is 0.164 e. The fourth-order valence-electron chi connectivity index (χ4n) is 9.30. The van der Waals surface area contributed by atoms with Crippen molar-refractivity contribution in [2.75, 3.05) is 0 Å². The molecule has 0 aliphatic carbocycles. The summed E-state index contributed by atoms with van der Waals surface area (Å²) in [7, 11) is 0. The summed E-state index contributed by atoms with van der Waals surface area (Å²) in [5, 5.41) is 9.67. The van der Waals surface area contributed by atoms with Gasteiger partial charge in [-0.15, -0.1) is 11.3 Å². The first-order valence-corrected chi connectivity index (χ1v) is 21.6. The van der Waals surface area contributed by atoms with Crippen molar-refractivity contribution in [2.45, 2.75) is 0 Å². The summed E-state index contributed by atoms with van der Waals surface area (Å²) in [5.74, 6) is 1.89.